The predicted molar refractivity (Wildman–Crippen MR) is 83.2 cm³/mol. The zero-order valence-corrected chi connectivity index (χ0v) is 13.0. The van der Waals surface area contributed by atoms with Crippen LogP contribution in [0, 0.1) is 17.8 Å². The SMILES string of the molecule is CCC(C)C(C(C)CCc1ccccc1)C(O)CC. The predicted octanol–water partition coefficient (Wildman–Crippen LogP) is 4.69. The number of hydrogen-bond acceptors (Lipinski definition) is 1. The summed E-state index contributed by atoms with van der Waals surface area (Å²) in [6.07, 6.45) is 4.14. The average Bonchev–Trinajstić information content (AvgIpc) is 2.45. The van der Waals surface area contributed by atoms with E-state index < -0.39 is 0 Å². The van der Waals surface area contributed by atoms with Gasteiger partial charge in [0.25, 0.3) is 0 Å². The van der Waals surface area contributed by atoms with Crippen LogP contribution in [-0.2, 0) is 6.42 Å². The molecular weight excluding hydrogens is 232 g/mol. The molecule has 0 aromatic heterocycles. The summed E-state index contributed by atoms with van der Waals surface area (Å²) in [5, 5.41) is 10.3. The van der Waals surface area contributed by atoms with Crippen LogP contribution in [0.5, 0.6) is 0 Å². The van der Waals surface area contributed by atoms with Gasteiger partial charge in [-0.25, -0.2) is 0 Å². The maximum atomic E-state index is 10.3. The second kappa shape index (κ2) is 8.37. The van der Waals surface area contributed by atoms with Gasteiger partial charge in [-0.05, 0) is 42.6 Å². The lowest BCUT2D eigenvalue weighted by atomic mass is 9.75. The fourth-order valence-electron chi connectivity index (χ4n) is 3.10. The molecule has 4 unspecified atom stereocenters. The molecule has 1 rings (SSSR count). The third-order valence-electron chi connectivity index (χ3n) is 4.55. The van der Waals surface area contributed by atoms with Crippen LogP contribution in [0.2, 0.25) is 0 Å². The van der Waals surface area contributed by atoms with Crippen molar-refractivity contribution in [2.24, 2.45) is 17.8 Å². The van der Waals surface area contributed by atoms with Gasteiger partial charge in [0, 0.05) is 0 Å². The quantitative estimate of drug-likeness (QED) is 0.720. The molecule has 0 aliphatic carbocycles. The van der Waals surface area contributed by atoms with E-state index in [0.717, 1.165) is 25.7 Å². The second-order valence-corrected chi connectivity index (χ2v) is 5.94. The molecule has 0 heterocycles. The Balaban J connectivity index is 2.59. The topological polar surface area (TPSA) is 20.2 Å². The number of hydrogen-bond donors (Lipinski definition) is 1. The summed E-state index contributed by atoms with van der Waals surface area (Å²) in [7, 11) is 0. The van der Waals surface area contributed by atoms with E-state index in [9.17, 15) is 5.11 Å². The molecule has 4 atom stereocenters. The fraction of sp³-hybridized carbons (Fsp3) is 0.667. The Labute approximate surface area is 119 Å². The number of aryl methyl sites for hydroxylation is 1. The van der Waals surface area contributed by atoms with Crippen molar-refractivity contribution in [3.05, 3.63) is 35.9 Å². The van der Waals surface area contributed by atoms with Gasteiger partial charge < -0.3 is 5.11 Å². The first kappa shape index (κ1) is 16.2. The summed E-state index contributed by atoms with van der Waals surface area (Å²) < 4.78 is 0. The molecular formula is C18H30O. The molecule has 1 N–H and O–H groups in total. The van der Waals surface area contributed by atoms with Crippen molar-refractivity contribution >= 4 is 0 Å². The van der Waals surface area contributed by atoms with Crippen LogP contribution in [0.15, 0.2) is 30.3 Å². The molecule has 0 bridgehead atoms. The van der Waals surface area contributed by atoms with Gasteiger partial charge in [0.05, 0.1) is 6.10 Å². The monoisotopic (exact) mass is 262 g/mol. The number of rotatable bonds is 8. The summed E-state index contributed by atoms with van der Waals surface area (Å²) >= 11 is 0. The highest BCUT2D eigenvalue weighted by molar-refractivity contribution is 5.14. The lowest BCUT2D eigenvalue weighted by molar-refractivity contribution is 0.0371. The Morgan fingerprint density at radius 2 is 1.58 bits per heavy atom. The van der Waals surface area contributed by atoms with Gasteiger partial charge in [0.1, 0.15) is 0 Å². The van der Waals surface area contributed by atoms with Crippen molar-refractivity contribution in [2.75, 3.05) is 0 Å². The molecule has 0 fully saturated rings. The molecule has 0 aliphatic heterocycles. The molecule has 0 saturated carbocycles. The van der Waals surface area contributed by atoms with Crippen LogP contribution >= 0.6 is 0 Å². The molecule has 0 amide bonds. The van der Waals surface area contributed by atoms with E-state index in [-0.39, 0.29) is 6.10 Å². The minimum absolute atomic E-state index is 0.152. The van der Waals surface area contributed by atoms with Crippen LogP contribution in [0.4, 0.5) is 0 Å². The molecule has 1 aromatic rings. The van der Waals surface area contributed by atoms with Crippen molar-refractivity contribution < 1.29 is 5.11 Å². The number of benzene rings is 1. The highest BCUT2D eigenvalue weighted by atomic mass is 16.3. The average molecular weight is 262 g/mol. The summed E-state index contributed by atoms with van der Waals surface area (Å²) in [6.45, 7) is 8.90. The van der Waals surface area contributed by atoms with Gasteiger partial charge in [-0.3, -0.25) is 0 Å². The highest BCUT2D eigenvalue weighted by Gasteiger charge is 2.28. The van der Waals surface area contributed by atoms with Crippen molar-refractivity contribution in [1.82, 2.24) is 0 Å². The van der Waals surface area contributed by atoms with Crippen molar-refractivity contribution in [3.63, 3.8) is 0 Å². The molecule has 0 saturated heterocycles. The van der Waals surface area contributed by atoms with Crippen LogP contribution in [0.1, 0.15) is 52.5 Å². The van der Waals surface area contributed by atoms with Crippen LogP contribution in [-0.4, -0.2) is 11.2 Å². The van der Waals surface area contributed by atoms with E-state index >= 15 is 0 Å². The van der Waals surface area contributed by atoms with Crippen LogP contribution in [0.25, 0.3) is 0 Å². The Morgan fingerprint density at radius 3 is 2.11 bits per heavy atom. The normalized spacial score (nSPS) is 17.7. The number of aliphatic hydroxyl groups excluding tert-OH is 1. The first-order valence-corrected chi connectivity index (χ1v) is 7.82. The molecule has 0 radical (unpaired) electrons. The zero-order valence-electron chi connectivity index (χ0n) is 13.0. The van der Waals surface area contributed by atoms with Crippen molar-refractivity contribution in [2.45, 2.75) is 59.5 Å². The molecule has 1 nitrogen and oxygen atoms in total. The fourth-order valence-corrected chi connectivity index (χ4v) is 3.10. The lowest BCUT2D eigenvalue weighted by Gasteiger charge is -2.33. The van der Waals surface area contributed by atoms with Crippen LogP contribution < -0.4 is 0 Å². The number of aliphatic hydroxyl groups is 1. The van der Waals surface area contributed by atoms with Gasteiger partial charge in [-0.2, -0.15) is 0 Å². The highest BCUT2D eigenvalue weighted by Crippen LogP contribution is 2.31. The maximum absolute atomic E-state index is 10.3. The van der Waals surface area contributed by atoms with Gasteiger partial charge in [0.15, 0.2) is 0 Å². The maximum Gasteiger partial charge on any atom is 0.0570 e. The van der Waals surface area contributed by atoms with E-state index in [1.54, 1.807) is 0 Å². The van der Waals surface area contributed by atoms with Gasteiger partial charge in [-0.1, -0.05) is 64.4 Å². The summed E-state index contributed by atoms with van der Waals surface area (Å²) in [5.74, 6) is 1.60. The molecule has 0 spiro atoms. The zero-order chi connectivity index (χ0) is 14.3. The Kier molecular flexibility index (Phi) is 7.15. The summed E-state index contributed by atoms with van der Waals surface area (Å²) in [4.78, 5) is 0. The molecule has 0 aliphatic rings. The Morgan fingerprint density at radius 1 is 0.947 bits per heavy atom. The summed E-state index contributed by atoms with van der Waals surface area (Å²) in [6, 6.07) is 10.7. The minimum atomic E-state index is -0.152. The Bertz CT molecular complexity index is 323. The van der Waals surface area contributed by atoms with Gasteiger partial charge in [-0.15, -0.1) is 0 Å². The van der Waals surface area contributed by atoms with E-state index in [1.807, 2.05) is 0 Å². The lowest BCUT2D eigenvalue weighted by Crippen LogP contribution is -2.31. The smallest absolute Gasteiger partial charge is 0.0570 e. The van der Waals surface area contributed by atoms with E-state index in [4.69, 9.17) is 0 Å². The van der Waals surface area contributed by atoms with E-state index in [1.165, 1.54) is 5.56 Å². The molecule has 19 heavy (non-hydrogen) atoms. The van der Waals surface area contributed by atoms with E-state index in [2.05, 4.69) is 58.0 Å². The minimum Gasteiger partial charge on any atom is -0.393 e. The molecule has 1 aromatic carbocycles. The first-order chi connectivity index (χ1) is 9.10. The van der Waals surface area contributed by atoms with Crippen molar-refractivity contribution in [1.29, 1.82) is 0 Å². The summed E-state index contributed by atoms with van der Waals surface area (Å²) in [5.41, 5.74) is 1.41. The third kappa shape index (κ3) is 4.99. The second-order valence-electron chi connectivity index (χ2n) is 5.94. The first-order valence-electron chi connectivity index (χ1n) is 7.82. The van der Waals surface area contributed by atoms with E-state index in [0.29, 0.717) is 17.8 Å². The van der Waals surface area contributed by atoms with Gasteiger partial charge in [0.2, 0.25) is 0 Å². The largest absolute Gasteiger partial charge is 0.393 e. The van der Waals surface area contributed by atoms with Crippen LogP contribution in [0.3, 0.4) is 0 Å². The molecule has 1 heteroatoms. The molecule has 108 valence electrons. The Hall–Kier alpha value is -0.820. The standard InChI is InChI=1S/C18H30O/c1-5-14(3)18(17(19)6-2)15(4)12-13-16-10-8-7-9-11-16/h7-11,14-15,17-19H,5-6,12-13H2,1-4H3. The van der Waals surface area contributed by atoms with Gasteiger partial charge >= 0.3 is 0 Å². The third-order valence-corrected chi connectivity index (χ3v) is 4.55. The van der Waals surface area contributed by atoms with Crippen molar-refractivity contribution in [3.8, 4) is 0 Å².